The first-order valence-corrected chi connectivity index (χ1v) is 8.45. The molecule has 22 heavy (non-hydrogen) atoms. The van der Waals surface area contributed by atoms with Crippen molar-refractivity contribution in [2.24, 2.45) is 0 Å². The Bertz CT molecular complexity index is 881. The van der Waals surface area contributed by atoms with Gasteiger partial charge < -0.3 is 0 Å². The Morgan fingerprint density at radius 1 is 0.818 bits per heavy atom. The second-order valence-electron chi connectivity index (χ2n) is 5.07. The third-order valence-corrected chi connectivity index (χ3v) is 4.96. The van der Waals surface area contributed by atoms with E-state index in [2.05, 4.69) is 0 Å². The van der Waals surface area contributed by atoms with Crippen molar-refractivity contribution in [1.82, 2.24) is 0 Å². The van der Waals surface area contributed by atoms with Crippen LogP contribution >= 0.6 is 0 Å². The van der Waals surface area contributed by atoms with Gasteiger partial charge >= 0.3 is 0 Å². The average molecular weight is 312 g/mol. The lowest BCUT2D eigenvalue weighted by atomic mass is 10.0. The molecule has 0 spiro atoms. The minimum absolute atomic E-state index is 0.169. The SMILES string of the molecule is CC(OS(=O)(=O)c1ccccc1)c1cccc2ccccc12. The molecule has 0 aliphatic rings. The highest BCUT2D eigenvalue weighted by molar-refractivity contribution is 7.86. The molecule has 1 atom stereocenters. The van der Waals surface area contributed by atoms with Crippen LogP contribution in [0.15, 0.2) is 77.7 Å². The lowest BCUT2D eigenvalue weighted by Crippen LogP contribution is -2.10. The van der Waals surface area contributed by atoms with Crippen LogP contribution in [0.2, 0.25) is 0 Å². The molecule has 0 N–H and O–H groups in total. The fraction of sp³-hybridized carbons (Fsp3) is 0.111. The van der Waals surface area contributed by atoms with Gasteiger partial charge in [-0.25, -0.2) is 0 Å². The van der Waals surface area contributed by atoms with Crippen molar-refractivity contribution in [2.75, 3.05) is 0 Å². The predicted molar refractivity (Wildman–Crippen MR) is 87.1 cm³/mol. The van der Waals surface area contributed by atoms with Crippen molar-refractivity contribution in [3.8, 4) is 0 Å². The molecule has 0 amide bonds. The molecule has 0 aliphatic heterocycles. The third kappa shape index (κ3) is 2.89. The summed E-state index contributed by atoms with van der Waals surface area (Å²) in [5.74, 6) is 0. The van der Waals surface area contributed by atoms with Crippen LogP contribution in [0.5, 0.6) is 0 Å². The summed E-state index contributed by atoms with van der Waals surface area (Å²) < 4.78 is 30.0. The fourth-order valence-electron chi connectivity index (χ4n) is 2.49. The van der Waals surface area contributed by atoms with Crippen molar-refractivity contribution in [3.05, 3.63) is 78.4 Å². The van der Waals surface area contributed by atoms with Crippen LogP contribution < -0.4 is 0 Å². The molecule has 0 saturated carbocycles. The lowest BCUT2D eigenvalue weighted by molar-refractivity contribution is 0.235. The Morgan fingerprint density at radius 2 is 1.45 bits per heavy atom. The molecule has 3 rings (SSSR count). The largest absolute Gasteiger partial charge is 0.297 e. The van der Waals surface area contributed by atoms with Gasteiger partial charge in [0.1, 0.15) is 6.10 Å². The second-order valence-corrected chi connectivity index (χ2v) is 6.65. The van der Waals surface area contributed by atoms with E-state index in [0.29, 0.717) is 0 Å². The molecule has 0 fully saturated rings. The van der Waals surface area contributed by atoms with Gasteiger partial charge in [0.2, 0.25) is 0 Å². The molecule has 3 nitrogen and oxygen atoms in total. The van der Waals surface area contributed by atoms with E-state index in [1.165, 1.54) is 12.1 Å². The van der Waals surface area contributed by atoms with Crippen LogP contribution in [0.4, 0.5) is 0 Å². The number of benzene rings is 3. The van der Waals surface area contributed by atoms with Crippen molar-refractivity contribution in [2.45, 2.75) is 17.9 Å². The Morgan fingerprint density at radius 3 is 2.23 bits per heavy atom. The van der Waals surface area contributed by atoms with E-state index in [-0.39, 0.29) is 4.90 Å². The van der Waals surface area contributed by atoms with Crippen LogP contribution in [-0.4, -0.2) is 8.42 Å². The van der Waals surface area contributed by atoms with E-state index in [4.69, 9.17) is 4.18 Å². The molecule has 1 unspecified atom stereocenters. The lowest BCUT2D eigenvalue weighted by Gasteiger charge is -2.15. The first-order valence-electron chi connectivity index (χ1n) is 7.04. The number of hydrogen-bond donors (Lipinski definition) is 0. The molecule has 4 heteroatoms. The maximum atomic E-state index is 12.3. The van der Waals surface area contributed by atoms with E-state index >= 15 is 0 Å². The summed E-state index contributed by atoms with van der Waals surface area (Å²) in [6.07, 6.45) is -0.559. The molecule has 0 radical (unpaired) electrons. The molecular formula is C18H16O3S. The molecule has 0 aliphatic carbocycles. The highest BCUT2D eigenvalue weighted by Crippen LogP contribution is 2.29. The Hall–Kier alpha value is -2.17. The van der Waals surface area contributed by atoms with Crippen LogP contribution in [0.3, 0.4) is 0 Å². The summed E-state index contributed by atoms with van der Waals surface area (Å²) in [5, 5.41) is 2.06. The Balaban J connectivity index is 1.96. The van der Waals surface area contributed by atoms with E-state index < -0.39 is 16.2 Å². The molecule has 3 aromatic rings. The molecule has 112 valence electrons. The third-order valence-electron chi connectivity index (χ3n) is 3.56. The zero-order chi connectivity index (χ0) is 15.6. The van der Waals surface area contributed by atoms with Crippen LogP contribution in [0, 0.1) is 0 Å². The maximum Gasteiger partial charge on any atom is 0.297 e. The summed E-state index contributed by atoms with van der Waals surface area (Å²) in [4.78, 5) is 0.169. The fourth-order valence-corrected chi connectivity index (χ4v) is 3.57. The summed E-state index contributed by atoms with van der Waals surface area (Å²) in [6, 6.07) is 21.9. The van der Waals surface area contributed by atoms with Gasteiger partial charge in [-0.3, -0.25) is 4.18 Å². The number of hydrogen-bond acceptors (Lipinski definition) is 3. The summed E-state index contributed by atoms with van der Waals surface area (Å²) in [7, 11) is -3.78. The topological polar surface area (TPSA) is 43.4 Å². The predicted octanol–water partition coefficient (Wildman–Crippen LogP) is 4.31. The van der Waals surface area contributed by atoms with Gasteiger partial charge in [0.15, 0.2) is 0 Å². The summed E-state index contributed by atoms with van der Waals surface area (Å²) in [5.41, 5.74) is 0.859. The molecule has 0 saturated heterocycles. The highest BCUT2D eigenvalue weighted by Gasteiger charge is 2.20. The molecular weight excluding hydrogens is 296 g/mol. The molecule has 0 heterocycles. The van der Waals surface area contributed by atoms with Gasteiger partial charge in [0.05, 0.1) is 4.90 Å². The van der Waals surface area contributed by atoms with Gasteiger partial charge in [-0.2, -0.15) is 8.42 Å². The minimum atomic E-state index is -3.78. The summed E-state index contributed by atoms with van der Waals surface area (Å²) >= 11 is 0. The zero-order valence-electron chi connectivity index (χ0n) is 12.1. The smallest absolute Gasteiger partial charge is 0.258 e. The van der Waals surface area contributed by atoms with Crippen molar-refractivity contribution < 1.29 is 12.6 Å². The maximum absolute atomic E-state index is 12.3. The second kappa shape index (κ2) is 5.91. The molecule has 0 bridgehead atoms. The van der Waals surface area contributed by atoms with Crippen molar-refractivity contribution in [3.63, 3.8) is 0 Å². The normalized spacial score (nSPS) is 13.1. The Labute approximate surface area is 130 Å². The van der Waals surface area contributed by atoms with E-state index in [0.717, 1.165) is 16.3 Å². The van der Waals surface area contributed by atoms with E-state index in [1.54, 1.807) is 25.1 Å². The summed E-state index contributed by atoms with van der Waals surface area (Å²) in [6.45, 7) is 1.75. The van der Waals surface area contributed by atoms with Crippen LogP contribution in [0.1, 0.15) is 18.6 Å². The molecule has 3 aromatic carbocycles. The first-order chi connectivity index (χ1) is 10.6. The molecule has 0 aromatic heterocycles. The van der Waals surface area contributed by atoms with Crippen LogP contribution in [-0.2, 0) is 14.3 Å². The standard InChI is InChI=1S/C18H16O3S/c1-14(21-22(19,20)16-10-3-2-4-11-16)17-13-7-9-15-8-5-6-12-18(15)17/h2-14H,1H3. The highest BCUT2D eigenvalue weighted by atomic mass is 32.2. The first kappa shape index (κ1) is 14.8. The van der Waals surface area contributed by atoms with Gasteiger partial charge in [0.25, 0.3) is 10.1 Å². The van der Waals surface area contributed by atoms with E-state index in [1.807, 2.05) is 42.5 Å². The zero-order valence-corrected chi connectivity index (χ0v) is 13.0. The number of rotatable bonds is 4. The van der Waals surface area contributed by atoms with Gasteiger partial charge in [-0.1, -0.05) is 60.7 Å². The van der Waals surface area contributed by atoms with E-state index in [9.17, 15) is 8.42 Å². The minimum Gasteiger partial charge on any atom is -0.258 e. The van der Waals surface area contributed by atoms with Gasteiger partial charge in [0, 0.05) is 0 Å². The number of fused-ring (bicyclic) bond motifs is 1. The van der Waals surface area contributed by atoms with Gasteiger partial charge in [-0.05, 0) is 35.4 Å². The monoisotopic (exact) mass is 312 g/mol. The van der Waals surface area contributed by atoms with Crippen molar-refractivity contribution in [1.29, 1.82) is 0 Å². The quantitative estimate of drug-likeness (QED) is 0.674. The van der Waals surface area contributed by atoms with Gasteiger partial charge in [-0.15, -0.1) is 0 Å². The van der Waals surface area contributed by atoms with Crippen LogP contribution in [0.25, 0.3) is 10.8 Å². The average Bonchev–Trinajstić information content (AvgIpc) is 2.54. The Kier molecular flexibility index (Phi) is 3.96. The van der Waals surface area contributed by atoms with Crippen molar-refractivity contribution >= 4 is 20.9 Å².